The molecule has 2 aromatic rings. The normalized spacial score (nSPS) is 11.6. The fraction of sp³-hybridized carbons (Fsp3) is 0.167. The fourth-order valence-corrected chi connectivity index (χ4v) is 1.77. The summed E-state index contributed by atoms with van der Waals surface area (Å²) < 4.78 is 37.9. The summed E-state index contributed by atoms with van der Waals surface area (Å²) in [6.45, 7) is 0.242. The molecule has 1 heterocycles. The molecule has 1 aromatic carbocycles. The number of benzene rings is 1. The summed E-state index contributed by atoms with van der Waals surface area (Å²) in [5, 5.41) is 4.25. The van der Waals surface area contributed by atoms with Crippen molar-refractivity contribution in [1.29, 1.82) is 0 Å². The number of carbonyl (C=O) groups excluding carboxylic acids is 1. The van der Waals surface area contributed by atoms with Gasteiger partial charge in [0.25, 0.3) is 5.78 Å². The Morgan fingerprint density at radius 1 is 1.37 bits per heavy atom. The Hall–Kier alpha value is -1.82. The van der Waals surface area contributed by atoms with Crippen LogP contribution in [0, 0.1) is 0 Å². The average molecular weight is 289 g/mol. The minimum absolute atomic E-state index is 0.242. The molecule has 0 saturated carbocycles. The maximum atomic E-state index is 12.2. The molecule has 0 spiro atoms. The molecule has 0 aliphatic rings. The summed E-state index contributed by atoms with van der Waals surface area (Å²) in [5.41, 5.74) is 0.302. The third-order valence-corrected chi connectivity index (χ3v) is 2.62. The smallest absolute Gasteiger partial charge is 0.284 e. The maximum absolute atomic E-state index is 12.2. The number of alkyl halides is 3. The largest absolute Gasteiger partial charge is 0.454 e. The minimum Gasteiger partial charge on any atom is -0.284 e. The zero-order chi connectivity index (χ0) is 14.0. The van der Waals surface area contributed by atoms with E-state index in [4.69, 9.17) is 11.6 Å². The van der Waals surface area contributed by atoms with Gasteiger partial charge in [-0.15, -0.1) is 0 Å². The summed E-state index contributed by atoms with van der Waals surface area (Å²) in [6.07, 6.45) is -2.92. The van der Waals surface area contributed by atoms with Gasteiger partial charge in [0.1, 0.15) is 0 Å². The molecule has 100 valence electrons. The Bertz CT molecular complexity index is 607. The molecule has 2 rings (SSSR count). The van der Waals surface area contributed by atoms with Crippen molar-refractivity contribution in [3.63, 3.8) is 0 Å². The van der Waals surface area contributed by atoms with Gasteiger partial charge in [0, 0.05) is 11.2 Å². The molecule has 0 bridgehead atoms. The highest BCUT2D eigenvalue weighted by molar-refractivity contribution is 6.30. The number of halogens is 4. The Labute approximate surface area is 111 Å². The van der Waals surface area contributed by atoms with Crippen LogP contribution in [0.5, 0.6) is 0 Å². The second-order valence-electron chi connectivity index (χ2n) is 3.88. The van der Waals surface area contributed by atoms with Crippen LogP contribution >= 0.6 is 11.6 Å². The van der Waals surface area contributed by atoms with Gasteiger partial charge in [-0.25, -0.2) is 0 Å². The lowest BCUT2D eigenvalue weighted by atomic mass is 10.2. The van der Waals surface area contributed by atoms with Crippen LogP contribution in [0.25, 0.3) is 0 Å². The second kappa shape index (κ2) is 5.05. The van der Waals surface area contributed by atoms with Crippen molar-refractivity contribution in [3.8, 4) is 0 Å². The minimum atomic E-state index is -4.89. The van der Waals surface area contributed by atoms with Crippen molar-refractivity contribution < 1.29 is 18.0 Å². The first-order valence-corrected chi connectivity index (χ1v) is 5.62. The quantitative estimate of drug-likeness (QED) is 0.812. The van der Waals surface area contributed by atoms with Gasteiger partial charge < -0.3 is 0 Å². The van der Waals surface area contributed by atoms with E-state index in [-0.39, 0.29) is 6.54 Å². The molecule has 0 atom stereocenters. The van der Waals surface area contributed by atoms with Gasteiger partial charge in [-0.05, 0) is 17.7 Å². The number of nitrogens with zero attached hydrogens (tertiary/aromatic N) is 2. The van der Waals surface area contributed by atoms with E-state index in [0.29, 0.717) is 5.02 Å². The lowest BCUT2D eigenvalue weighted by Crippen LogP contribution is -2.22. The molecule has 0 aliphatic carbocycles. The Balaban J connectivity index is 2.16. The number of Topliss-reactive ketones (excluding diaryl/α,β-unsaturated/α-hetero) is 1. The van der Waals surface area contributed by atoms with Crippen molar-refractivity contribution in [3.05, 3.63) is 52.8 Å². The number of hydrogen-bond acceptors (Lipinski definition) is 2. The summed E-state index contributed by atoms with van der Waals surface area (Å²) in [4.78, 5) is 11.0. The van der Waals surface area contributed by atoms with Crippen molar-refractivity contribution >= 4 is 17.4 Å². The first-order chi connectivity index (χ1) is 8.86. The molecule has 0 aliphatic heterocycles. The highest BCUT2D eigenvalue weighted by Crippen LogP contribution is 2.21. The second-order valence-corrected chi connectivity index (χ2v) is 4.32. The molecule has 19 heavy (non-hydrogen) atoms. The lowest BCUT2D eigenvalue weighted by Gasteiger charge is -2.03. The zero-order valence-corrected chi connectivity index (χ0v) is 10.2. The van der Waals surface area contributed by atoms with Crippen LogP contribution in [0.1, 0.15) is 15.9 Å². The fourth-order valence-electron chi connectivity index (χ4n) is 1.55. The third-order valence-electron chi connectivity index (χ3n) is 2.39. The van der Waals surface area contributed by atoms with Gasteiger partial charge in [-0.3, -0.25) is 9.48 Å². The molecule has 0 radical (unpaired) electrons. The lowest BCUT2D eigenvalue weighted by molar-refractivity contribution is -0.0885. The molecule has 7 heteroatoms. The monoisotopic (exact) mass is 288 g/mol. The van der Waals surface area contributed by atoms with Gasteiger partial charge in [0.05, 0.1) is 18.3 Å². The van der Waals surface area contributed by atoms with E-state index >= 15 is 0 Å². The van der Waals surface area contributed by atoms with Gasteiger partial charge >= 0.3 is 6.18 Å². The molecular weight excluding hydrogens is 281 g/mol. The average Bonchev–Trinajstić information content (AvgIpc) is 2.75. The molecule has 0 fully saturated rings. The van der Waals surface area contributed by atoms with Crippen LogP contribution in [0.15, 0.2) is 36.7 Å². The molecule has 3 nitrogen and oxygen atoms in total. The highest BCUT2D eigenvalue weighted by atomic mass is 35.5. The van der Waals surface area contributed by atoms with Gasteiger partial charge in [0.2, 0.25) is 0 Å². The Morgan fingerprint density at radius 3 is 2.74 bits per heavy atom. The highest BCUT2D eigenvalue weighted by Gasteiger charge is 2.39. The van der Waals surface area contributed by atoms with Crippen molar-refractivity contribution in [2.45, 2.75) is 12.7 Å². The maximum Gasteiger partial charge on any atom is 0.454 e. The molecule has 0 saturated heterocycles. The van der Waals surface area contributed by atoms with E-state index in [1.54, 1.807) is 24.3 Å². The number of carbonyl (C=O) groups is 1. The predicted octanol–water partition coefficient (Wildman–Crippen LogP) is 3.33. The first-order valence-electron chi connectivity index (χ1n) is 5.24. The van der Waals surface area contributed by atoms with Gasteiger partial charge in [-0.2, -0.15) is 18.3 Å². The van der Waals surface area contributed by atoms with Crippen LogP contribution in [0.4, 0.5) is 13.2 Å². The molecule has 0 N–H and O–H groups in total. The molecular formula is C12H8ClF3N2O. The first kappa shape index (κ1) is 13.6. The van der Waals surface area contributed by atoms with Crippen LogP contribution in [-0.2, 0) is 6.54 Å². The number of aromatic nitrogens is 2. The summed E-state index contributed by atoms with van der Waals surface area (Å²) in [7, 11) is 0. The van der Waals surface area contributed by atoms with E-state index in [2.05, 4.69) is 5.10 Å². The van der Waals surface area contributed by atoms with Crippen LogP contribution in [0.2, 0.25) is 5.02 Å². The van der Waals surface area contributed by atoms with Crippen molar-refractivity contribution in [2.24, 2.45) is 0 Å². The zero-order valence-electron chi connectivity index (χ0n) is 9.49. The molecule has 1 aromatic heterocycles. The summed E-state index contributed by atoms with van der Waals surface area (Å²) >= 11 is 5.79. The number of rotatable bonds is 3. The molecule has 0 unspecified atom stereocenters. The van der Waals surface area contributed by atoms with Crippen LogP contribution in [0.3, 0.4) is 0 Å². The summed E-state index contributed by atoms with van der Waals surface area (Å²) in [5.74, 6) is -1.90. The third kappa shape index (κ3) is 3.35. The van der Waals surface area contributed by atoms with Gasteiger partial charge in [0.15, 0.2) is 0 Å². The van der Waals surface area contributed by atoms with E-state index in [0.717, 1.165) is 18.0 Å². The SMILES string of the molecule is O=C(c1cnn(Cc2cccc(Cl)c2)c1)C(F)(F)F. The Morgan fingerprint density at radius 2 is 2.11 bits per heavy atom. The van der Waals surface area contributed by atoms with E-state index in [1.165, 1.54) is 4.68 Å². The summed E-state index contributed by atoms with van der Waals surface area (Å²) in [6, 6.07) is 6.85. The standard InChI is InChI=1S/C12H8ClF3N2O/c13-10-3-1-2-8(4-10)6-18-7-9(5-17-18)11(19)12(14,15)16/h1-5,7H,6H2. The van der Waals surface area contributed by atoms with Gasteiger partial charge in [-0.1, -0.05) is 23.7 Å². The van der Waals surface area contributed by atoms with E-state index in [9.17, 15) is 18.0 Å². The van der Waals surface area contributed by atoms with Crippen LogP contribution < -0.4 is 0 Å². The van der Waals surface area contributed by atoms with Crippen molar-refractivity contribution in [2.75, 3.05) is 0 Å². The number of hydrogen-bond donors (Lipinski definition) is 0. The Kier molecular flexibility index (Phi) is 3.61. The number of ketones is 1. The van der Waals surface area contributed by atoms with Crippen LogP contribution in [-0.4, -0.2) is 21.7 Å². The molecule has 0 amide bonds. The van der Waals surface area contributed by atoms with E-state index < -0.39 is 17.5 Å². The van der Waals surface area contributed by atoms with Crippen molar-refractivity contribution in [1.82, 2.24) is 9.78 Å². The van der Waals surface area contributed by atoms with E-state index in [1.807, 2.05) is 0 Å². The topological polar surface area (TPSA) is 34.9 Å². The predicted molar refractivity (Wildman–Crippen MR) is 63.2 cm³/mol.